The molecule has 0 amide bonds. The normalized spacial score (nSPS) is 13.6. The Morgan fingerprint density at radius 2 is 1.04 bits per heavy atom. The summed E-state index contributed by atoms with van der Waals surface area (Å²) < 4.78 is 0. The van der Waals surface area contributed by atoms with Crippen molar-refractivity contribution in [3.05, 3.63) is 200 Å². The summed E-state index contributed by atoms with van der Waals surface area (Å²) in [6.45, 7) is 0. The highest BCUT2D eigenvalue weighted by Gasteiger charge is 2.19. The maximum Gasteiger partial charge on any atom is 0.109 e. The van der Waals surface area contributed by atoms with E-state index in [1.165, 1.54) is 54.4 Å². The molecule has 1 aliphatic carbocycles. The van der Waals surface area contributed by atoms with Crippen LogP contribution in [-0.4, -0.2) is 16.4 Å². The van der Waals surface area contributed by atoms with Gasteiger partial charge in [0, 0.05) is 23.3 Å². The van der Waals surface area contributed by atoms with Crippen LogP contribution >= 0.6 is 0 Å². The van der Waals surface area contributed by atoms with Gasteiger partial charge in [-0.1, -0.05) is 152 Å². The molecule has 8 aromatic carbocycles. The van der Waals surface area contributed by atoms with Crippen molar-refractivity contribution in [2.75, 3.05) is 5.43 Å². The maximum atomic E-state index is 8.68. The van der Waals surface area contributed by atoms with E-state index < -0.39 is 0 Å². The van der Waals surface area contributed by atoms with Crippen molar-refractivity contribution < 1.29 is 0 Å². The van der Waals surface area contributed by atoms with Crippen molar-refractivity contribution in [1.29, 1.82) is 5.41 Å². The quantitative estimate of drug-likeness (QED) is 0.103. The van der Waals surface area contributed by atoms with E-state index in [1.54, 1.807) is 0 Å². The summed E-state index contributed by atoms with van der Waals surface area (Å²) in [5.41, 5.74) is 14.0. The van der Waals surface area contributed by atoms with Gasteiger partial charge in [-0.2, -0.15) is 5.10 Å². The molecule has 258 valence electrons. The Hall–Kier alpha value is -7.43. The molecule has 4 nitrogen and oxygen atoms in total. The van der Waals surface area contributed by atoms with Crippen LogP contribution in [0.25, 0.3) is 82.0 Å². The highest BCUT2D eigenvalue weighted by atomic mass is 15.3. The number of nitrogens with zero attached hydrogens (tertiary/aromatic N) is 2. The number of pyridine rings is 1. The van der Waals surface area contributed by atoms with Gasteiger partial charge in [-0.15, -0.1) is 0 Å². The lowest BCUT2D eigenvalue weighted by molar-refractivity contribution is 1.34. The van der Waals surface area contributed by atoms with Gasteiger partial charge >= 0.3 is 0 Å². The molecule has 0 radical (unpaired) electrons. The largest absolute Gasteiger partial charge is 0.299 e. The average molecular weight is 703 g/mol. The van der Waals surface area contributed by atoms with Gasteiger partial charge in [0.05, 0.1) is 11.4 Å². The Balaban J connectivity index is 1.01. The second kappa shape index (κ2) is 13.5. The van der Waals surface area contributed by atoms with Gasteiger partial charge in [0.25, 0.3) is 0 Å². The van der Waals surface area contributed by atoms with Crippen molar-refractivity contribution in [2.24, 2.45) is 5.10 Å². The number of hydrogen-bond acceptors (Lipinski definition) is 4. The van der Waals surface area contributed by atoms with E-state index in [0.29, 0.717) is 11.4 Å². The molecule has 0 bridgehead atoms. The summed E-state index contributed by atoms with van der Waals surface area (Å²) in [5.74, 6) is 0. The zero-order valence-corrected chi connectivity index (χ0v) is 29.9. The van der Waals surface area contributed by atoms with E-state index in [1.807, 2.05) is 48.8 Å². The first-order valence-corrected chi connectivity index (χ1v) is 18.5. The predicted molar refractivity (Wildman–Crippen MR) is 233 cm³/mol. The Bertz CT molecular complexity index is 3010. The Morgan fingerprint density at radius 1 is 0.455 bits per heavy atom. The lowest BCUT2D eigenvalue weighted by Crippen LogP contribution is -2.13. The Morgan fingerprint density at radius 3 is 1.76 bits per heavy atom. The third-order valence-corrected chi connectivity index (χ3v) is 10.6. The average Bonchev–Trinajstić information content (AvgIpc) is 3.25. The molecule has 0 unspecified atom stereocenters. The molecular formula is C51H34N4. The van der Waals surface area contributed by atoms with E-state index >= 15 is 0 Å². The number of nitrogens with one attached hydrogen (secondary N) is 2. The lowest BCUT2D eigenvalue weighted by Gasteiger charge is -2.19. The molecule has 0 atom stereocenters. The van der Waals surface area contributed by atoms with Crippen molar-refractivity contribution in [3.8, 4) is 33.4 Å². The van der Waals surface area contributed by atoms with Crippen LogP contribution in [0.2, 0.25) is 0 Å². The van der Waals surface area contributed by atoms with E-state index in [-0.39, 0.29) is 0 Å². The fraction of sp³-hybridized carbons (Fsp3) is 0. The van der Waals surface area contributed by atoms with Crippen LogP contribution in [0.1, 0.15) is 5.56 Å². The van der Waals surface area contributed by atoms with E-state index in [0.717, 1.165) is 38.9 Å². The van der Waals surface area contributed by atoms with E-state index in [4.69, 9.17) is 5.41 Å². The van der Waals surface area contributed by atoms with Gasteiger partial charge in [-0.05, 0) is 107 Å². The number of anilines is 1. The second-order valence-corrected chi connectivity index (χ2v) is 13.9. The number of hydrogen-bond donors (Lipinski definition) is 2. The van der Waals surface area contributed by atoms with Crippen LogP contribution in [0.15, 0.2) is 200 Å². The van der Waals surface area contributed by atoms with Crippen molar-refractivity contribution in [1.82, 2.24) is 4.98 Å². The summed E-state index contributed by atoms with van der Waals surface area (Å²) in [5, 5.41) is 23.0. The minimum atomic E-state index is 0.354. The SMILES string of the molecule is N=C1C=CC(c2cccc(-c3c4ccccc4c(-c4cccc5ccccc45)c4ccccc34)c2)=C/C1=N/Nc1ccc(-c2cncc3ccccc23)cc1. The summed E-state index contributed by atoms with van der Waals surface area (Å²) in [4.78, 5) is 4.45. The maximum absolute atomic E-state index is 8.68. The van der Waals surface area contributed by atoms with Gasteiger partial charge in [0.2, 0.25) is 0 Å². The minimum absolute atomic E-state index is 0.354. The van der Waals surface area contributed by atoms with E-state index in [2.05, 4.69) is 161 Å². The third-order valence-electron chi connectivity index (χ3n) is 10.6. The predicted octanol–water partition coefficient (Wildman–Crippen LogP) is 13.1. The molecule has 4 heteroatoms. The minimum Gasteiger partial charge on any atom is -0.299 e. The van der Waals surface area contributed by atoms with Crippen LogP contribution in [0.3, 0.4) is 0 Å². The zero-order chi connectivity index (χ0) is 36.7. The molecular weight excluding hydrogens is 669 g/mol. The van der Waals surface area contributed by atoms with Crippen molar-refractivity contribution in [2.45, 2.75) is 0 Å². The number of allylic oxidation sites excluding steroid dienone is 4. The Labute approximate surface area is 319 Å². The highest BCUT2D eigenvalue weighted by Crippen LogP contribution is 2.45. The monoisotopic (exact) mass is 702 g/mol. The first-order valence-electron chi connectivity index (χ1n) is 18.5. The molecule has 1 aromatic heterocycles. The standard InChI is InChI=1S/C51H34N4/c52-48-28-25-36(30-49(48)55-54-39-26-23-34(24-27-39)47-32-53-31-38-12-2-4-17-41(38)47)35-14-9-15-37(29-35)50-43-18-5-7-20-45(43)51(46-21-8-6-19-44(46)50)42-22-10-13-33-11-1-3-16-40(33)42/h1-32,52,54H/b52-48?,55-49-. The molecule has 0 aliphatic heterocycles. The number of hydrazone groups is 1. The number of aromatic nitrogens is 1. The summed E-state index contributed by atoms with van der Waals surface area (Å²) in [6.07, 6.45) is 9.62. The number of benzene rings is 8. The summed E-state index contributed by atoms with van der Waals surface area (Å²) in [7, 11) is 0. The zero-order valence-electron chi connectivity index (χ0n) is 29.9. The van der Waals surface area contributed by atoms with Crippen molar-refractivity contribution in [3.63, 3.8) is 0 Å². The second-order valence-electron chi connectivity index (χ2n) is 13.9. The highest BCUT2D eigenvalue weighted by molar-refractivity contribution is 6.51. The fourth-order valence-electron chi connectivity index (χ4n) is 8.03. The molecule has 10 rings (SSSR count). The first-order chi connectivity index (χ1) is 27.2. The molecule has 0 saturated carbocycles. The molecule has 0 fully saturated rings. The van der Waals surface area contributed by atoms with Crippen LogP contribution in [-0.2, 0) is 0 Å². The molecule has 9 aromatic rings. The van der Waals surface area contributed by atoms with E-state index in [9.17, 15) is 0 Å². The number of rotatable bonds is 6. The fourth-order valence-corrected chi connectivity index (χ4v) is 8.03. The topological polar surface area (TPSA) is 61.1 Å². The van der Waals surface area contributed by atoms with Crippen LogP contribution in [0, 0.1) is 5.41 Å². The molecule has 1 heterocycles. The third kappa shape index (κ3) is 5.77. The van der Waals surface area contributed by atoms with Gasteiger partial charge in [-0.3, -0.25) is 15.8 Å². The van der Waals surface area contributed by atoms with Gasteiger partial charge in [0.1, 0.15) is 5.71 Å². The smallest absolute Gasteiger partial charge is 0.109 e. The molecule has 0 saturated heterocycles. The van der Waals surface area contributed by atoms with Crippen LogP contribution in [0.4, 0.5) is 5.69 Å². The molecule has 1 aliphatic rings. The van der Waals surface area contributed by atoms with Crippen molar-refractivity contribution >= 4 is 65.8 Å². The van der Waals surface area contributed by atoms with Gasteiger partial charge < -0.3 is 0 Å². The first kappa shape index (κ1) is 32.2. The van der Waals surface area contributed by atoms with Gasteiger partial charge in [-0.25, -0.2) is 0 Å². The molecule has 55 heavy (non-hydrogen) atoms. The van der Waals surface area contributed by atoms with Gasteiger partial charge in [0.15, 0.2) is 0 Å². The van der Waals surface area contributed by atoms with Crippen LogP contribution < -0.4 is 5.43 Å². The molecule has 2 N–H and O–H groups in total. The van der Waals surface area contributed by atoms with Crippen LogP contribution in [0.5, 0.6) is 0 Å². The summed E-state index contributed by atoms with van der Waals surface area (Å²) in [6, 6.07) is 58.0. The molecule has 0 spiro atoms. The summed E-state index contributed by atoms with van der Waals surface area (Å²) >= 11 is 0. The lowest BCUT2D eigenvalue weighted by atomic mass is 9.84. The Kier molecular flexibility index (Phi) is 7.93. The number of fused-ring (bicyclic) bond motifs is 4.